The van der Waals surface area contributed by atoms with Gasteiger partial charge in [0.2, 0.25) is 0 Å². The number of hydrogen-bond acceptors (Lipinski definition) is 3. The molecule has 0 saturated heterocycles. The Balaban J connectivity index is 2.00. The van der Waals surface area contributed by atoms with Crippen LogP contribution in [0.5, 0.6) is 11.5 Å². The predicted molar refractivity (Wildman–Crippen MR) is 118 cm³/mol. The SMILES string of the molecule is CCCCC=CCCCCCCCCCCCc1ccc(C(C)=O)c(O)c1O. The van der Waals surface area contributed by atoms with E-state index < -0.39 is 0 Å². The highest BCUT2D eigenvalue weighted by molar-refractivity contribution is 5.97. The largest absolute Gasteiger partial charge is 0.504 e. The average molecular weight is 389 g/mol. The predicted octanol–water partition coefficient (Wildman–Crippen LogP) is 7.49. The van der Waals surface area contributed by atoms with E-state index in [1.54, 1.807) is 12.1 Å². The molecule has 1 aromatic carbocycles. The zero-order valence-electron chi connectivity index (χ0n) is 18.0. The molecule has 28 heavy (non-hydrogen) atoms. The summed E-state index contributed by atoms with van der Waals surface area (Å²) in [7, 11) is 0. The summed E-state index contributed by atoms with van der Waals surface area (Å²) in [5, 5.41) is 19.9. The number of unbranched alkanes of at least 4 members (excludes halogenated alkanes) is 11. The number of ketones is 1. The van der Waals surface area contributed by atoms with Crippen molar-refractivity contribution in [1.82, 2.24) is 0 Å². The van der Waals surface area contributed by atoms with Crippen LogP contribution < -0.4 is 0 Å². The van der Waals surface area contributed by atoms with Crippen molar-refractivity contribution in [1.29, 1.82) is 0 Å². The number of Topliss-reactive ketones (excluding diaryl/α,β-unsaturated/α-hetero) is 1. The van der Waals surface area contributed by atoms with Crippen LogP contribution in [-0.4, -0.2) is 16.0 Å². The minimum atomic E-state index is -0.276. The molecule has 0 aliphatic heterocycles. The molecule has 0 bridgehead atoms. The van der Waals surface area contributed by atoms with Crippen molar-refractivity contribution in [2.75, 3.05) is 0 Å². The highest BCUT2D eigenvalue weighted by atomic mass is 16.3. The summed E-state index contributed by atoms with van der Waals surface area (Å²) in [6.45, 7) is 3.62. The zero-order valence-corrected chi connectivity index (χ0v) is 18.0. The molecule has 0 aromatic heterocycles. The summed E-state index contributed by atoms with van der Waals surface area (Å²) in [6.07, 6.45) is 21.8. The number of aromatic hydroxyl groups is 2. The molecule has 0 heterocycles. The Labute approximate surface area is 171 Å². The summed E-state index contributed by atoms with van der Waals surface area (Å²) in [5.41, 5.74) is 0.917. The van der Waals surface area contributed by atoms with Crippen LogP contribution in [0.15, 0.2) is 24.3 Å². The van der Waals surface area contributed by atoms with Crippen LogP contribution in [0.4, 0.5) is 0 Å². The summed E-state index contributed by atoms with van der Waals surface area (Å²) < 4.78 is 0. The number of benzene rings is 1. The molecule has 3 heteroatoms. The lowest BCUT2D eigenvalue weighted by Crippen LogP contribution is -1.95. The normalized spacial score (nSPS) is 11.4. The van der Waals surface area contributed by atoms with Crippen molar-refractivity contribution >= 4 is 5.78 Å². The molecule has 0 spiro atoms. The van der Waals surface area contributed by atoms with E-state index in [1.165, 1.54) is 77.6 Å². The van der Waals surface area contributed by atoms with Gasteiger partial charge in [-0.1, -0.05) is 82.9 Å². The smallest absolute Gasteiger partial charge is 0.168 e. The van der Waals surface area contributed by atoms with Crippen LogP contribution in [0, 0.1) is 0 Å². The molecule has 0 amide bonds. The number of hydrogen-bond donors (Lipinski definition) is 2. The summed E-state index contributed by atoms with van der Waals surface area (Å²) >= 11 is 0. The number of phenolic OH excluding ortho intramolecular Hbond substituents is 2. The third-order valence-corrected chi connectivity index (χ3v) is 5.32. The van der Waals surface area contributed by atoms with Gasteiger partial charge < -0.3 is 10.2 Å². The lowest BCUT2D eigenvalue weighted by molar-refractivity contribution is 0.101. The second kappa shape index (κ2) is 15.2. The summed E-state index contributed by atoms with van der Waals surface area (Å²) in [5.74, 6) is -0.642. The minimum absolute atomic E-state index is 0.132. The van der Waals surface area contributed by atoms with Gasteiger partial charge in [0, 0.05) is 0 Å². The van der Waals surface area contributed by atoms with Crippen molar-refractivity contribution in [3.8, 4) is 11.5 Å². The highest BCUT2D eigenvalue weighted by Gasteiger charge is 2.14. The van der Waals surface area contributed by atoms with Crippen molar-refractivity contribution in [3.63, 3.8) is 0 Å². The van der Waals surface area contributed by atoms with Gasteiger partial charge in [-0.2, -0.15) is 0 Å². The van der Waals surface area contributed by atoms with Gasteiger partial charge in [-0.15, -0.1) is 0 Å². The van der Waals surface area contributed by atoms with Crippen LogP contribution in [0.25, 0.3) is 0 Å². The molecule has 158 valence electrons. The molecule has 0 unspecified atom stereocenters. The summed E-state index contributed by atoms with van der Waals surface area (Å²) in [4.78, 5) is 11.4. The first kappa shape index (κ1) is 24.3. The average Bonchev–Trinajstić information content (AvgIpc) is 2.67. The number of allylic oxidation sites excluding steroid dienone is 2. The van der Waals surface area contributed by atoms with E-state index in [-0.39, 0.29) is 22.8 Å². The third-order valence-electron chi connectivity index (χ3n) is 5.32. The molecule has 3 nitrogen and oxygen atoms in total. The second-order valence-electron chi connectivity index (χ2n) is 7.86. The quantitative estimate of drug-likeness (QED) is 0.133. The van der Waals surface area contributed by atoms with Crippen molar-refractivity contribution < 1.29 is 15.0 Å². The standard InChI is InChI=1S/C25H40O3/c1-3-4-5-6-7-8-9-10-11-12-13-14-15-16-17-18-22-19-20-23(21(2)26)25(28)24(22)27/h6-7,19-20,27-28H,3-5,8-18H2,1-2H3. The van der Waals surface area contributed by atoms with Gasteiger partial charge in [-0.25, -0.2) is 0 Å². The molecule has 0 aliphatic carbocycles. The first-order chi connectivity index (χ1) is 13.6. The monoisotopic (exact) mass is 388 g/mol. The van der Waals surface area contributed by atoms with Gasteiger partial charge >= 0.3 is 0 Å². The van der Waals surface area contributed by atoms with Gasteiger partial charge in [-0.3, -0.25) is 4.79 Å². The van der Waals surface area contributed by atoms with E-state index in [0.29, 0.717) is 0 Å². The van der Waals surface area contributed by atoms with E-state index in [1.807, 2.05) is 0 Å². The van der Waals surface area contributed by atoms with Gasteiger partial charge in [0.1, 0.15) is 0 Å². The van der Waals surface area contributed by atoms with Gasteiger partial charge in [0.25, 0.3) is 0 Å². The lowest BCUT2D eigenvalue weighted by Gasteiger charge is -2.09. The molecule has 1 rings (SSSR count). The molecular formula is C25H40O3. The maximum atomic E-state index is 11.4. The van der Waals surface area contributed by atoms with E-state index in [2.05, 4.69) is 19.1 Å². The van der Waals surface area contributed by atoms with Crippen LogP contribution >= 0.6 is 0 Å². The van der Waals surface area contributed by atoms with E-state index >= 15 is 0 Å². The lowest BCUT2D eigenvalue weighted by atomic mass is 10.0. The van der Waals surface area contributed by atoms with Crippen LogP contribution in [0.2, 0.25) is 0 Å². The van der Waals surface area contributed by atoms with Crippen molar-refractivity contribution in [2.24, 2.45) is 0 Å². The van der Waals surface area contributed by atoms with E-state index in [9.17, 15) is 15.0 Å². The third kappa shape index (κ3) is 9.96. The molecule has 1 aromatic rings. The van der Waals surface area contributed by atoms with Crippen LogP contribution in [0.1, 0.15) is 113 Å². The maximum absolute atomic E-state index is 11.4. The second-order valence-corrected chi connectivity index (χ2v) is 7.86. The Morgan fingerprint density at radius 1 is 0.786 bits per heavy atom. The fraction of sp³-hybridized carbons (Fsp3) is 0.640. The Morgan fingerprint density at radius 3 is 1.89 bits per heavy atom. The molecule has 0 saturated carbocycles. The molecule has 0 atom stereocenters. The minimum Gasteiger partial charge on any atom is -0.504 e. The van der Waals surface area contributed by atoms with Crippen LogP contribution in [0.3, 0.4) is 0 Å². The molecular weight excluding hydrogens is 348 g/mol. The van der Waals surface area contributed by atoms with Gasteiger partial charge in [0.05, 0.1) is 5.56 Å². The Bertz CT molecular complexity index is 590. The Hall–Kier alpha value is -1.77. The van der Waals surface area contributed by atoms with Crippen LogP contribution in [-0.2, 0) is 6.42 Å². The number of aryl methyl sites for hydroxylation is 1. The van der Waals surface area contributed by atoms with E-state index in [4.69, 9.17) is 0 Å². The first-order valence-electron chi connectivity index (χ1n) is 11.3. The number of carbonyl (C=O) groups excluding carboxylic acids is 1. The van der Waals surface area contributed by atoms with Crippen molar-refractivity contribution in [2.45, 2.75) is 104 Å². The number of carbonyl (C=O) groups is 1. The fourth-order valence-corrected chi connectivity index (χ4v) is 3.48. The molecule has 0 fully saturated rings. The van der Waals surface area contributed by atoms with Gasteiger partial charge in [0.15, 0.2) is 17.3 Å². The molecule has 0 radical (unpaired) electrons. The van der Waals surface area contributed by atoms with Crippen molar-refractivity contribution in [3.05, 3.63) is 35.4 Å². The first-order valence-corrected chi connectivity index (χ1v) is 11.3. The number of phenols is 2. The topological polar surface area (TPSA) is 57.5 Å². The molecule has 2 N–H and O–H groups in total. The Morgan fingerprint density at radius 2 is 1.32 bits per heavy atom. The Kier molecular flexibility index (Phi) is 13.2. The van der Waals surface area contributed by atoms with Gasteiger partial charge in [-0.05, 0) is 50.7 Å². The summed E-state index contributed by atoms with van der Waals surface area (Å²) in [6, 6.07) is 3.36. The fourth-order valence-electron chi connectivity index (χ4n) is 3.48. The number of rotatable bonds is 16. The highest BCUT2D eigenvalue weighted by Crippen LogP contribution is 2.33. The maximum Gasteiger partial charge on any atom is 0.168 e. The van der Waals surface area contributed by atoms with E-state index in [0.717, 1.165) is 24.8 Å². The molecule has 0 aliphatic rings. The zero-order chi connectivity index (χ0) is 20.6.